The fourth-order valence-corrected chi connectivity index (χ4v) is 6.60. The predicted octanol–water partition coefficient (Wildman–Crippen LogP) is 2.77. The van der Waals surface area contributed by atoms with Gasteiger partial charge < -0.3 is 16.4 Å². The largest absolute Gasteiger partial charge is 0.412 e. The van der Waals surface area contributed by atoms with Gasteiger partial charge in [-0.3, -0.25) is 0 Å². The molecule has 1 fully saturated rings. The minimum atomic E-state index is -1.48. The first-order chi connectivity index (χ1) is 7.70. The average Bonchev–Trinajstić information content (AvgIpc) is 2.73. The third-order valence-electron chi connectivity index (χ3n) is 3.90. The smallest absolute Gasteiger partial charge is 0.167 e. The Morgan fingerprint density at radius 3 is 1.75 bits per heavy atom. The fraction of sp³-hybridized carbons (Fsp3) is 0.600. The Kier molecular flexibility index (Phi) is 6.19. The molecule has 5 unspecified atom stereocenters. The number of rotatable bonds is 0. The van der Waals surface area contributed by atoms with E-state index in [1.807, 2.05) is 12.2 Å². The third-order valence-corrected chi connectivity index (χ3v) is 8.61. The second-order valence-electron chi connectivity index (χ2n) is 4.51. The summed E-state index contributed by atoms with van der Waals surface area (Å²) in [6.45, 7) is 0. The molecule has 0 heterocycles. The summed E-state index contributed by atoms with van der Waals surface area (Å²) in [5.41, 5.74) is 0. The summed E-state index contributed by atoms with van der Waals surface area (Å²) >= 11 is 44.5. The second kappa shape index (κ2) is 5.79. The summed E-state index contributed by atoms with van der Waals surface area (Å²) in [5.74, 6) is -0.470. The zero-order chi connectivity index (χ0) is 12.8. The molecule has 0 aromatic carbocycles. The van der Waals surface area contributed by atoms with E-state index in [4.69, 9.17) is 81.2 Å². The maximum atomic E-state index is 6.57. The lowest BCUT2D eigenvalue weighted by molar-refractivity contribution is 0.420. The van der Waals surface area contributed by atoms with Gasteiger partial charge in [0.05, 0.1) is 15.4 Å². The monoisotopic (exact) mass is 424 g/mol. The third kappa shape index (κ3) is 1.80. The minimum absolute atomic E-state index is 0. The number of allylic oxidation sites excluding steroid dienone is 4. The Morgan fingerprint density at radius 1 is 0.800 bits per heavy atom. The van der Waals surface area contributed by atoms with E-state index in [-0.39, 0.29) is 43.7 Å². The van der Waals surface area contributed by atoms with E-state index in [0.29, 0.717) is 0 Å². The quantitative estimate of drug-likeness (QED) is 0.420. The van der Waals surface area contributed by atoms with Crippen LogP contribution in [0.1, 0.15) is 0 Å². The zero-order valence-electron chi connectivity index (χ0n) is 9.53. The molecular formula is C10H11Cl7O3. The topological polar surface area (TPSA) is 94.5 Å². The Hall–Kier alpha value is 1.39. The fourth-order valence-electron chi connectivity index (χ4n) is 3.08. The van der Waals surface area contributed by atoms with E-state index >= 15 is 0 Å². The van der Waals surface area contributed by atoms with Crippen LogP contribution in [-0.4, -0.2) is 35.9 Å². The highest BCUT2D eigenvalue weighted by Gasteiger charge is 2.83. The van der Waals surface area contributed by atoms with E-state index in [9.17, 15) is 0 Å². The molecule has 0 aliphatic heterocycles. The molecule has 3 rings (SSSR count). The highest BCUT2D eigenvalue weighted by Crippen LogP contribution is 2.78. The van der Waals surface area contributed by atoms with Gasteiger partial charge in [0.15, 0.2) is 4.33 Å². The molecule has 118 valence electrons. The van der Waals surface area contributed by atoms with Crippen LogP contribution in [0.3, 0.4) is 0 Å². The summed E-state index contributed by atoms with van der Waals surface area (Å²) in [4.78, 5) is -2.45. The molecule has 0 aromatic heterocycles. The first-order valence-corrected chi connectivity index (χ1v) is 7.55. The Balaban J connectivity index is 0.00000120. The average molecular weight is 427 g/mol. The predicted molar refractivity (Wildman–Crippen MR) is 86.9 cm³/mol. The van der Waals surface area contributed by atoms with Crippen LogP contribution in [0.2, 0.25) is 0 Å². The molecule has 10 heteroatoms. The van der Waals surface area contributed by atoms with Crippen molar-refractivity contribution in [2.45, 2.75) is 19.5 Å². The van der Waals surface area contributed by atoms with Crippen LogP contribution in [0.25, 0.3) is 0 Å². The van der Waals surface area contributed by atoms with Crippen LogP contribution in [0.15, 0.2) is 22.2 Å². The van der Waals surface area contributed by atoms with Gasteiger partial charge in [-0.1, -0.05) is 58.6 Å². The Morgan fingerprint density at radius 2 is 1.25 bits per heavy atom. The SMILES string of the molecule is ClC1=C(Cl)C2(Cl)C3C(Cl)C=CC3C1(Cl)C2(Cl)Cl.O.O.O. The van der Waals surface area contributed by atoms with Crippen LogP contribution in [-0.2, 0) is 0 Å². The van der Waals surface area contributed by atoms with Crippen molar-refractivity contribution >= 4 is 81.2 Å². The highest BCUT2D eigenvalue weighted by atomic mass is 35.5. The molecule has 6 N–H and O–H groups in total. The van der Waals surface area contributed by atoms with Crippen LogP contribution < -0.4 is 0 Å². The molecule has 3 aliphatic rings. The normalized spacial score (nSPS) is 46.5. The van der Waals surface area contributed by atoms with Crippen molar-refractivity contribution < 1.29 is 16.4 Å². The molecule has 0 saturated heterocycles. The second-order valence-corrected chi connectivity index (χ2v) is 8.29. The molecular weight excluding hydrogens is 416 g/mol. The standard InChI is InChI=1S/C10H5Cl7.3H2O/c11-4-2-1-3-5(4)9(15)7(13)6(12)8(3,14)10(9,16)17;;;/h1-5H;3*1H2. The van der Waals surface area contributed by atoms with Gasteiger partial charge in [0.2, 0.25) is 0 Å². The van der Waals surface area contributed by atoms with Gasteiger partial charge in [0.1, 0.15) is 9.75 Å². The molecule has 0 amide bonds. The van der Waals surface area contributed by atoms with Crippen LogP contribution in [0.4, 0.5) is 0 Å². The van der Waals surface area contributed by atoms with Gasteiger partial charge in [-0.2, -0.15) is 0 Å². The lowest BCUT2D eigenvalue weighted by Crippen LogP contribution is -2.45. The van der Waals surface area contributed by atoms with Crippen molar-refractivity contribution in [2.75, 3.05) is 0 Å². The van der Waals surface area contributed by atoms with Crippen molar-refractivity contribution in [2.24, 2.45) is 11.8 Å². The van der Waals surface area contributed by atoms with Gasteiger partial charge in [-0.15, -0.1) is 34.8 Å². The molecule has 20 heavy (non-hydrogen) atoms. The Bertz CT molecular complexity index is 479. The van der Waals surface area contributed by atoms with E-state index in [1.165, 1.54) is 0 Å². The Labute approximate surface area is 150 Å². The summed E-state index contributed by atoms with van der Waals surface area (Å²) in [6, 6.07) is 0. The summed E-state index contributed by atoms with van der Waals surface area (Å²) in [7, 11) is 0. The molecule has 3 nitrogen and oxygen atoms in total. The van der Waals surface area contributed by atoms with Crippen LogP contribution >= 0.6 is 81.2 Å². The summed E-state index contributed by atoms with van der Waals surface area (Å²) in [6.07, 6.45) is 3.69. The number of fused-ring (bicyclic) bond motifs is 5. The van der Waals surface area contributed by atoms with Gasteiger partial charge in [-0.25, -0.2) is 0 Å². The first-order valence-electron chi connectivity index (χ1n) is 4.85. The lowest BCUT2D eigenvalue weighted by Gasteiger charge is -2.34. The minimum Gasteiger partial charge on any atom is -0.412 e. The van der Waals surface area contributed by atoms with Crippen molar-refractivity contribution in [3.63, 3.8) is 0 Å². The van der Waals surface area contributed by atoms with Crippen molar-refractivity contribution in [3.05, 3.63) is 22.2 Å². The first kappa shape index (κ1) is 21.4. The number of alkyl halides is 5. The molecule has 1 saturated carbocycles. The zero-order valence-corrected chi connectivity index (χ0v) is 14.8. The highest BCUT2D eigenvalue weighted by molar-refractivity contribution is 6.66. The summed E-state index contributed by atoms with van der Waals surface area (Å²) in [5, 5.41) is 0.113. The molecule has 0 aromatic rings. The van der Waals surface area contributed by atoms with E-state index in [0.717, 1.165) is 0 Å². The molecule has 2 bridgehead atoms. The van der Waals surface area contributed by atoms with Gasteiger partial charge >= 0.3 is 0 Å². The molecule has 5 atom stereocenters. The van der Waals surface area contributed by atoms with Crippen molar-refractivity contribution in [3.8, 4) is 0 Å². The van der Waals surface area contributed by atoms with Crippen molar-refractivity contribution in [1.82, 2.24) is 0 Å². The maximum absolute atomic E-state index is 6.57. The molecule has 0 spiro atoms. The number of hydrogen-bond donors (Lipinski definition) is 0. The van der Waals surface area contributed by atoms with Gasteiger partial charge in [0, 0.05) is 11.8 Å². The summed E-state index contributed by atoms with van der Waals surface area (Å²) < 4.78 is -1.48. The van der Waals surface area contributed by atoms with Gasteiger partial charge in [0.25, 0.3) is 0 Å². The van der Waals surface area contributed by atoms with E-state index in [1.54, 1.807) is 0 Å². The van der Waals surface area contributed by atoms with E-state index < -0.39 is 14.1 Å². The number of halogens is 7. The maximum Gasteiger partial charge on any atom is 0.167 e. The van der Waals surface area contributed by atoms with Crippen LogP contribution in [0, 0.1) is 11.8 Å². The lowest BCUT2D eigenvalue weighted by atomic mass is 9.84. The van der Waals surface area contributed by atoms with Crippen LogP contribution in [0.5, 0.6) is 0 Å². The van der Waals surface area contributed by atoms with Crippen molar-refractivity contribution in [1.29, 1.82) is 0 Å². The van der Waals surface area contributed by atoms with Gasteiger partial charge in [-0.05, 0) is 0 Å². The molecule has 0 radical (unpaired) electrons. The number of hydrogen-bond acceptors (Lipinski definition) is 0. The van der Waals surface area contributed by atoms with E-state index in [2.05, 4.69) is 0 Å². The molecule has 3 aliphatic carbocycles.